The zero-order chi connectivity index (χ0) is 26.9. The van der Waals surface area contributed by atoms with Crippen molar-refractivity contribution in [2.45, 2.75) is 12.8 Å². The highest BCUT2D eigenvalue weighted by atomic mass is 32.1. The van der Waals surface area contributed by atoms with E-state index in [2.05, 4.69) is 0 Å². The number of nitriles is 1. The van der Waals surface area contributed by atoms with Gasteiger partial charge in [-0.15, -0.1) is 11.3 Å². The number of nitrogens with zero attached hydrogens (tertiary/aromatic N) is 4. The van der Waals surface area contributed by atoms with Crippen LogP contribution in [0, 0.1) is 31.6 Å². The van der Waals surface area contributed by atoms with Crippen molar-refractivity contribution in [3.63, 3.8) is 0 Å². The molecular weight excluding hydrogens is 502 g/mol. The van der Waals surface area contributed by atoms with Crippen LogP contribution in [-0.4, -0.2) is 27.0 Å². The van der Waals surface area contributed by atoms with Crippen LogP contribution in [0.1, 0.15) is 24.0 Å². The Balaban J connectivity index is 2.05. The van der Waals surface area contributed by atoms with Gasteiger partial charge in [0, 0.05) is 24.3 Å². The van der Waals surface area contributed by atoms with Crippen LogP contribution >= 0.6 is 11.3 Å². The number of thiazole rings is 1. The average molecular weight is 519 g/mol. The standard InChI is InChI=1S/C24H17N5O7S/c1-2-36-24(31)20-19(14-6-4-8-16(11-14)29(34)35)17(12-25)23-27(21(20)26)22(30)18(37-23)10-13-5-3-7-15(9-13)28(32)33/h3-11,19H,2,26H2,1H3/b18-10-/t19-/m0/s1. The van der Waals surface area contributed by atoms with Crippen LogP contribution in [0.2, 0.25) is 0 Å². The average Bonchev–Trinajstić information content (AvgIpc) is 3.20. The molecule has 0 spiro atoms. The first-order chi connectivity index (χ1) is 17.7. The van der Waals surface area contributed by atoms with Gasteiger partial charge < -0.3 is 10.5 Å². The highest BCUT2D eigenvalue weighted by Gasteiger charge is 2.37. The Morgan fingerprint density at radius 1 is 1.19 bits per heavy atom. The molecule has 0 saturated heterocycles. The van der Waals surface area contributed by atoms with E-state index in [-0.39, 0.29) is 49.7 Å². The quantitative estimate of drug-likeness (QED) is 0.288. The first-order valence-electron chi connectivity index (χ1n) is 10.7. The number of hydrogen-bond acceptors (Lipinski definition) is 10. The van der Waals surface area contributed by atoms with Crippen molar-refractivity contribution in [1.29, 1.82) is 5.26 Å². The first kappa shape index (κ1) is 25.0. The maximum absolute atomic E-state index is 13.4. The number of benzene rings is 2. The summed E-state index contributed by atoms with van der Waals surface area (Å²) in [5.74, 6) is -2.28. The Bertz CT molecular complexity index is 1730. The van der Waals surface area contributed by atoms with Gasteiger partial charge in [-0.2, -0.15) is 5.26 Å². The number of carbonyl (C=O) groups is 1. The second-order valence-corrected chi connectivity index (χ2v) is 8.77. The van der Waals surface area contributed by atoms with Gasteiger partial charge in [-0.05, 0) is 24.1 Å². The van der Waals surface area contributed by atoms with E-state index < -0.39 is 27.3 Å². The number of ether oxygens (including phenoxy) is 1. The summed E-state index contributed by atoms with van der Waals surface area (Å²) in [5.41, 5.74) is 5.63. The van der Waals surface area contributed by atoms with Crippen LogP contribution in [0.4, 0.5) is 11.4 Å². The largest absolute Gasteiger partial charge is 0.463 e. The third-order valence-electron chi connectivity index (χ3n) is 5.56. The number of nitro benzene ring substituents is 2. The predicted molar refractivity (Wildman–Crippen MR) is 133 cm³/mol. The number of aromatic nitrogens is 1. The summed E-state index contributed by atoms with van der Waals surface area (Å²) in [7, 11) is 0. The molecule has 37 heavy (non-hydrogen) atoms. The van der Waals surface area contributed by atoms with Crippen molar-refractivity contribution in [1.82, 2.24) is 4.57 Å². The lowest BCUT2D eigenvalue weighted by atomic mass is 9.83. The number of nitrogens with two attached hydrogens (primary N) is 1. The van der Waals surface area contributed by atoms with Crippen LogP contribution in [0.15, 0.2) is 58.9 Å². The summed E-state index contributed by atoms with van der Waals surface area (Å²) in [6.45, 7) is 1.55. The van der Waals surface area contributed by atoms with Crippen molar-refractivity contribution >= 4 is 46.2 Å². The summed E-state index contributed by atoms with van der Waals surface area (Å²) in [4.78, 5) is 47.7. The van der Waals surface area contributed by atoms with Crippen LogP contribution in [0.5, 0.6) is 0 Å². The highest BCUT2D eigenvalue weighted by molar-refractivity contribution is 7.07. The molecule has 1 atom stereocenters. The van der Waals surface area contributed by atoms with E-state index in [1.807, 2.05) is 6.07 Å². The van der Waals surface area contributed by atoms with Crippen molar-refractivity contribution in [3.05, 3.63) is 105 Å². The molecule has 13 heteroatoms. The van der Waals surface area contributed by atoms with Gasteiger partial charge in [-0.1, -0.05) is 24.3 Å². The number of nitro groups is 2. The molecule has 1 aliphatic rings. The van der Waals surface area contributed by atoms with Crippen LogP contribution in [-0.2, 0) is 9.53 Å². The van der Waals surface area contributed by atoms with Crippen molar-refractivity contribution < 1.29 is 19.4 Å². The van der Waals surface area contributed by atoms with E-state index in [9.17, 15) is 35.1 Å². The van der Waals surface area contributed by atoms with Crippen LogP contribution in [0.3, 0.4) is 0 Å². The zero-order valence-corrected chi connectivity index (χ0v) is 19.9. The van der Waals surface area contributed by atoms with Crippen molar-refractivity contribution in [3.8, 4) is 6.07 Å². The minimum atomic E-state index is -1.13. The second-order valence-electron chi connectivity index (χ2n) is 7.74. The smallest absolute Gasteiger partial charge is 0.338 e. The molecule has 2 N–H and O–H groups in total. The van der Waals surface area contributed by atoms with E-state index in [0.717, 1.165) is 15.9 Å². The summed E-state index contributed by atoms with van der Waals surface area (Å²) in [5, 5.41) is 32.6. The summed E-state index contributed by atoms with van der Waals surface area (Å²) >= 11 is 0.909. The molecule has 0 amide bonds. The monoisotopic (exact) mass is 519 g/mol. The fourth-order valence-corrected chi connectivity index (χ4v) is 5.12. The second kappa shape index (κ2) is 9.88. The SMILES string of the molecule is CCOC(=O)C1=C(N)n2c(s/c(=C\c3cccc([N+](=O)[O-])c3)c2=O)=C(C#N)[C@@H]1c1cccc([N+](=O)[O-])c1. The number of rotatable bonds is 6. The molecule has 0 saturated carbocycles. The normalized spacial score (nSPS) is 15.2. The Morgan fingerprint density at radius 2 is 1.84 bits per heavy atom. The Hall–Kier alpha value is -5.09. The molecule has 1 aliphatic heterocycles. The molecule has 4 rings (SSSR count). The van der Waals surface area contributed by atoms with Gasteiger partial charge in [0.25, 0.3) is 16.9 Å². The number of fused-ring (bicyclic) bond motifs is 1. The molecule has 0 fully saturated rings. The van der Waals surface area contributed by atoms with Gasteiger partial charge in [-0.25, -0.2) is 4.79 Å². The lowest BCUT2D eigenvalue weighted by Gasteiger charge is -2.24. The molecule has 3 aromatic rings. The fraction of sp³-hybridized carbons (Fsp3) is 0.125. The van der Waals surface area contributed by atoms with Gasteiger partial charge in [0.05, 0.1) is 44.1 Å². The molecule has 2 heterocycles. The summed E-state index contributed by atoms with van der Waals surface area (Å²) in [6.07, 6.45) is 1.42. The maximum Gasteiger partial charge on any atom is 0.338 e. The highest BCUT2D eigenvalue weighted by Crippen LogP contribution is 2.37. The summed E-state index contributed by atoms with van der Waals surface area (Å²) < 4.78 is 6.41. The van der Waals surface area contributed by atoms with Gasteiger partial charge in [-0.3, -0.25) is 29.6 Å². The van der Waals surface area contributed by atoms with Gasteiger partial charge in [0.2, 0.25) is 0 Å². The van der Waals surface area contributed by atoms with E-state index in [1.54, 1.807) is 13.0 Å². The molecule has 0 radical (unpaired) electrons. The van der Waals surface area contributed by atoms with Gasteiger partial charge >= 0.3 is 5.97 Å². The molecule has 2 aromatic carbocycles. The Labute approximate surface area is 211 Å². The lowest BCUT2D eigenvalue weighted by molar-refractivity contribution is -0.385. The number of carbonyl (C=O) groups excluding carboxylic acids is 1. The lowest BCUT2D eigenvalue weighted by Crippen LogP contribution is -2.40. The topological polar surface area (TPSA) is 184 Å². The molecule has 0 unspecified atom stereocenters. The third kappa shape index (κ3) is 4.48. The van der Waals surface area contributed by atoms with E-state index in [4.69, 9.17) is 10.5 Å². The number of non-ortho nitro benzene ring substituents is 2. The van der Waals surface area contributed by atoms with Crippen LogP contribution in [0.25, 0.3) is 17.5 Å². The number of hydrogen-bond donors (Lipinski definition) is 1. The molecule has 0 aliphatic carbocycles. The number of esters is 1. The maximum atomic E-state index is 13.4. The Kier molecular flexibility index (Phi) is 6.68. The van der Waals surface area contributed by atoms with Crippen LogP contribution < -0.4 is 20.5 Å². The van der Waals surface area contributed by atoms with E-state index in [0.29, 0.717) is 5.56 Å². The molecule has 12 nitrogen and oxygen atoms in total. The third-order valence-corrected chi connectivity index (χ3v) is 6.67. The molecule has 1 aromatic heterocycles. The van der Waals surface area contributed by atoms with Crippen molar-refractivity contribution in [2.75, 3.05) is 6.61 Å². The van der Waals surface area contributed by atoms with Gasteiger partial charge in [0.15, 0.2) is 0 Å². The molecular formula is C24H17N5O7S. The predicted octanol–water partition coefficient (Wildman–Crippen LogP) is 1.72. The molecule has 0 bridgehead atoms. The first-order valence-corrected chi connectivity index (χ1v) is 11.5. The minimum absolute atomic E-state index is 0.0175. The molecule has 186 valence electrons. The van der Waals surface area contributed by atoms with Crippen molar-refractivity contribution in [2.24, 2.45) is 5.73 Å². The summed E-state index contributed by atoms with van der Waals surface area (Å²) in [6, 6.07) is 13.1. The zero-order valence-electron chi connectivity index (χ0n) is 19.1. The fourth-order valence-electron chi connectivity index (χ4n) is 3.99. The Morgan fingerprint density at radius 3 is 2.46 bits per heavy atom. The van der Waals surface area contributed by atoms with E-state index >= 15 is 0 Å². The minimum Gasteiger partial charge on any atom is -0.463 e. The van der Waals surface area contributed by atoms with E-state index in [1.165, 1.54) is 48.5 Å². The van der Waals surface area contributed by atoms with Gasteiger partial charge in [0.1, 0.15) is 10.5 Å².